The molecule has 0 bridgehead atoms. The van der Waals surface area contributed by atoms with Gasteiger partial charge in [-0.2, -0.15) is 0 Å². The first-order valence-corrected chi connectivity index (χ1v) is 6.05. The van der Waals surface area contributed by atoms with E-state index in [-0.39, 0.29) is 0 Å². The summed E-state index contributed by atoms with van der Waals surface area (Å²) in [5.74, 6) is 1.28. The fourth-order valence-electron chi connectivity index (χ4n) is 1.41. The lowest BCUT2D eigenvalue weighted by atomic mass is 10.2. The van der Waals surface area contributed by atoms with Crippen LogP contribution >= 0.6 is 0 Å². The van der Waals surface area contributed by atoms with Crippen molar-refractivity contribution >= 4 is 10.8 Å². The first-order valence-electron chi connectivity index (χ1n) is 4.74. The molecule has 15 heavy (non-hydrogen) atoms. The molecule has 0 aliphatic heterocycles. The zero-order valence-electron chi connectivity index (χ0n) is 8.47. The van der Waals surface area contributed by atoms with Gasteiger partial charge in [0, 0.05) is 0 Å². The van der Waals surface area contributed by atoms with Crippen LogP contribution in [0.25, 0.3) is 0 Å². The molecule has 1 aromatic carbocycles. The van der Waals surface area contributed by atoms with Crippen LogP contribution < -0.4 is 0 Å². The standard InChI is InChI=1S/C12H12O2S/c1-10-12(7-8-14-10)15(13)9-11-5-3-2-4-6-11/h2-8H,9H2,1H3/t15-/m0/s1. The first-order chi connectivity index (χ1) is 7.27. The molecule has 1 aromatic heterocycles. The molecule has 2 nitrogen and oxygen atoms in total. The van der Waals surface area contributed by atoms with Gasteiger partial charge in [0.1, 0.15) is 5.76 Å². The van der Waals surface area contributed by atoms with Gasteiger partial charge in [-0.3, -0.25) is 4.21 Å². The van der Waals surface area contributed by atoms with E-state index in [1.165, 1.54) is 0 Å². The topological polar surface area (TPSA) is 30.2 Å². The molecule has 3 heteroatoms. The number of rotatable bonds is 3. The van der Waals surface area contributed by atoms with Gasteiger partial charge >= 0.3 is 0 Å². The second-order valence-electron chi connectivity index (χ2n) is 3.32. The minimum atomic E-state index is -1.01. The third-order valence-electron chi connectivity index (χ3n) is 2.20. The predicted octanol–water partition coefficient (Wildman–Crippen LogP) is 2.90. The lowest BCUT2D eigenvalue weighted by molar-refractivity contribution is 0.526. The Morgan fingerprint density at radius 2 is 1.93 bits per heavy atom. The fraction of sp³-hybridized carbons (Fsp3) is 0.167. The van der Waals surface area contributed by atoms with Crippen LogP contribution in [-0.4, -0.2) is 4.21 Å². The van der Waals surface area contributed by atoms with Crippen LogP contribution in [0.2, 0.25) is 0 Å². The van der Waals surface area contributed by atoms with Gasteiger partial charge in [-0.05, 0) is 18.6 Å². The van der Waals surface area contributed by atoms with Gasteiger partial charge in [0.25, 0.3) is 0 Å². The zero-order valence-corrected chi connectivity index (χ0v) is 9.29. The molecule has 0 unspecified atom stereocenters. The van der Waals surface area contributed by atoms with Gasteiger partial charge in [0.15, 0.2) is 0 Å². The molecule has 0 amide bonds. The Morgan fingerprint density at radius 1 is 1.20 bits per heavy atom. The molecule has 0 N–H and O–H groups in total. The van der Waals surface area contributed by atoms with E-state index >= 15 is 0 Å². The molecule has 2 aromatic rings. The Morgan fingerprint density at radius 3 is 2.53 bits per heavy atom. The lowest BCUT2D eigenvalue weighted by Crippen LogP contribution is -1.96. The summed E-state index contributed by atoms with van der Waals surface area (Å²) in [5.41, 5.74) is 1.08. The Balaban J connectivity index is 2.15. The first kappa shape index (κ1) is 10.2. The van der Waals surface area contributed by atoms with Gasteiger partial charge in [0.2, 0.25) is 0 Å². The van der Waals surface area contributed by atoms with Crippen LogP contribution in [0.4, 0.5) is 0 Å². The van der Waals surface area contributed by atoms with Crippen LogP contribution in [0.3, 0.4) is 0 Å². The summed E-state index contributed by atoms with van der Waals surface area (Å²) in [4.78, 5) is 0.791. The normalized spacial score (nSPS) is 12.6. The van der Waals surface area contributed by atoms with Crippen molar-refractivity contribution < 1.29 is 8.63 Å². The van der Waals surface area contributed by atoms with Crippen LogP contribution in [0.5, 0.6) is 0 Å². The summed E-state index contributed by atoms with van der Waals surface area (Å²) in [7, 11) is -1.01. The van der Waals surface area contributed by atoms with E-state index < -0.39 is 10.8 Å². The number of benzene rings is 1. The van der Waals surface area contributed by atoms with E-state index in [2.05, 4.69) is 0 Å². The molecule has 0 spiro atoms. The maximum Gasteiger partial charge on any atom is 0.116 e. The quantitative estimate of drug-likeness (QED) is 0.796. The molecule has 0 radical (unpaired) electrons. The van der Waals surface area contributed by atoms with E-state index in [1.54, 1.807) is 12.3 Å². The molecule has 0 saturated carbocycles. The van der Waals surface area contributed by atoms with Crippen molar-refractivity contribution in [3.8, 4) is 0 Å². The summed E-state index contributed by atoms with van der Waals surface area (Å²) in [6.45, 7) is 1.83. The third-order valence-corrected chi connectivity index (χ3v) is 3.71. The van der Waals surface area contributed by atoms with Crippen LogP contribution in [-0.2, 0) is 16.6 Å². The van der Waals surface area contributed by atoms with Crippen molar-refractivity contribution in [2.24, 2.45) is 0 Å². The highest BCUT2D eigenvalue weighted by molar-refractivity contribution is 7.84. The summed E-state index contributed by atoms with van der Waals surface area (Å²) in [5, 5.41) is 0. The molecular formula is C12H12O2S. The predicted molar refractivity (Wildman–Crippen MR) is 60.0 cm³/mol. The highest BCUT2D eigenvalue weighted by Crippen LogP contribution is 2.17. The summed E-state index contributed by atoms with van der Waals surface area (Å²) in [6.07, 6.45) is 1.58. The summed E-state index contributed by atoms with van der Waals surface area (Å²) in [6, 6.07) is 11.6. The maximum atomic E-state index is 11.9. The number of hydrogen-bond acceptors (Lipinski definition) is 2. The molecular weight excluding hydrogens is 208 g/mol. The largest absolute Gasteiger partial charge is 0.468 e. The van der Waals surface area contributed by atoms with E-state index in [0.717, 1.165) is 16.2 Å². The molecule has 0 saturated heterocycles. The van der Waals surface area contributed by atoms with Crippen molar-refractivity contribution in [2.75, 3.05) is 0 Å². The molecule has 0 aliphatic carbocycles. The van der Waals surface area contributed by atoms with Crippen molar-refractivity contribution in [2.45, 2.75) is 17.6 Å². The third kappa shape index (κ3) is 2.36. The number of hydrogen-bond donors (Lipinski definition) is 0. The molecule has 0 fully saturated rings. The monoisotopic (exact) mass is 220 g/mol. The average Bonchev–Trinajstić information content (AvgIpc) is 2.66. The Labute approximate surface area is 91.4 Å². The van der Waals surface area contributed by atoms with Gasteiger partial charge in [-0.1, -0.05) is 30.3 Å². The fourth-order valence-corrected chi connectivity index (χ4v) is 2.64. The van der Waals surface area contributed by atoms with Crippen molar-refractivity contribution in [1.29, 1.82) is 0 Å². The summed E-state index contributed by atoms with van der Waals surface area (Å²) >= 11 is 0. The minimum absolute atomic E-state index is 0.543. The number of furan rings is 1. The van der Waals surface area contributed by atoms with Crippen LogP contribution in [0.1, 0.15) is 11.3 Å². The molecule has 2 rings (SSSR count). The second kappa shape index (κ2) is 4.45. The van der Waals surface area contributed by atoms with Gasteiger partial charge in [-0.15, -0.1) is 0 Å². The van der Waals surface area contributed by atoms with Crippen molar-refractivity contribution in [3.05, 3.63) is 54.0 Å². The van der Waals surface area contributed by atoms with Crippen molar-refractivity contribution in [3.63, 3.8) is 0 Å². The van der Waals surface area contributed by atoms with Crippen LogP contribution in [0.15, 0.2) is 52.0 Å². The summed E-state index contributed by atoms with van der Waals surface area (Å²) < 4.78 is 17.1. The van der Waals surface area contributed by atoms with E-state index in [4.69, 9.17) is 4.42 Å². The molecule has 78 valence electrons. The van der Waals surface area contributed by atoms with Crippen molar-refractivity contribution in [1.82, 2.24) is 0 Å². The smallest absolute Gasteiger partial charge is 0.116 e. The zero-order chi connectivity index (χ0) is 10.7. The van der Waals surface area contributed by atoms with Gasteiger partial charge in [0.05, 0.1) is 27.7 Å². The Kier molecular flexibility index (Phi) is 3.02. The van der Waals surface area contributed by atoms with Crippen LogP contribution in [0, 0.1) is 6.92 Å². The van der Waals surface area contributed by atoms with E-state index in [0.29, 0.717) is 5.75 Å². The Hall–Kier alpha value is -1.35. The van der Waals surface area contributed by atoms with Gasteiger partial charge in [-0.25, -0.2) is 0 Å². The Bertz CT molecular complexity index is 459. The highest BCUT2D eigenvalue weighted by atomic mass is 32.2. The van der Waals surface area contributed by atoms with E-state index in [9.17, 15) is 4.21 Å². The number of aryl methyl sites for hydroxylation is 1. The molecule has 1 heterocycles. The highest BCUT2D eigenvalue weighted by Gasteiger charge is 2.09. The lowest BCUT2D eigenvalue weighted by Gasteiger charge is -2.00. The maximum absolute atomic E-state index is 11.9. The SMILES string of the molecule is Cc1occc1[S@@](=O)Cc1ccccc1. The van der Waals surface area contributed by atoms with E-state index in [1.807, 2.05) is 37.3 Å². The van der Waals surface area contributed by atoms with Gasteiger partial charge < -0.3 is 4.42 Å². The molecule has 0 aliphatic rings. The average molecular weight is 220 g/mol. The molecule has 1 atom stereocenters. The second-order valence-corrected chi connectivity index (χ2v) is 4.74. The minimum Gasteiger partial charge on any atom is -0.468 e.